The lowest BCUT2D eigenvalue weighted by molar-refractivity contribution is 0.322. The number of benzene rings is 1. The van der Waals surface area contributed by atoms with Gasteiger partial charge in [-0.15, -0.1) is 13.2 Å². The standard InChI is InChI=1S/C17H24O3S/c1-14(2)6-5-7-16-8-10-17(11-9-16)21(18,19)20-13-12-15(3)4/h8-11H,1,3,5-7,12-13H2,2,4H3. The maximum atomic E-state index is 12.0. The van der Waals surface area contributed by atoms with E-state index in [9.17, 15) is 8.42 Å². The summed E-state index contributed by atoms with van der Waals surface area (Å²) in [4.78, 5) is 0.202. The van der Waals surface area contributed by atoms with Crippen LogP contribution in [-0.4, -0.2) is 15.0 Å². The summed E-state index contributed by atoms with van der Waals surface area (Å²) in [5, 5.41) is 0. The van der Waals surface area contributed by atoms with E-state index in [1.54, 1.807) is 12.1 Å². The van der Waals surface area contributed by atoms with Crippen molar-refractivity contribution < 1.29 is 12.6 Å². The fourth-order valence-electron chi connectivity index (χ4n) is 1.81. The third-order valence-electron chi connectivity index (χ3n) is 3.05. The largest absolute Gasteiger partial charge is 0.296 e. The van der Waals surface area contributed by atoms with Crippen molar-refractivity contribution in [1.82, 2.24) is 0 Å². The second kappa shape index (κ2) is 8.15. The first-order valence-electron chi connectivity index (χ1n) is 7.08. The minimum absolute atomic E-state index is 0.137. The smallest absolute Gasteiger partial charge is 0.266 e. The average Bonchev–Trinajstić information content (AvgIpc) is 2.38. The Morgan fingerprint density at radius 3 is 2.14 bits per heavy atom. The van der Waals surface area contributed by atoms with Crippen LogP contribution in [0.4, 0.5) is 0 Å². The van der Waals surface area contributed by atoms with Crippen molar-refractivity contribution in [3.8, 4) is 0 Å². The lowest BCUT2D eigenvalue weighted by atomic mass is 10.1. The van der Waals surface area contributed by atoms with Gasteiger partial charge >= 0.3 is 0 Å². The normalized spacial score (nSPS) is 11.3. The zero-order valence-electron chi connectivity index (χ0n) is 12.9. The predicted molar refractivity (Wildman–Crippen MR) is 86.8 cm³/mol. The van der Waals surface area contributed by atoms with E-state index >= 15 is 0 Å². The summed E-state index contributed by atoms with van der Waals surface area (Å²) in [6.07, 6.45) is 3.47. The van der Waals surface area contributed by atoms with E-state index in [0.29, 0.717) is 6.42 Å². The minimum Gasteiger partial charge on any atom is -0.266 e. The minimum atomic E-state index is -3.66. The van der Waals surface area contributed by atoms with Crippen LogP contribution in [0.3, 0.4) is 0 Å². The fourth-order valence-corrected chi connectivity index (χ4v) is 2.72. The lowest BCUT2D eigenvalue weighted by Crippen LogP contribution is -2.07. The Morgan fingerprint density at radius 2 is 1.62 bits per heavy atom. The van der Waals surface area contributed by atoms with Crippen molar-refractivity contribution in [2.24, 2.45) is 0 Å². The number of rotatable bonds is 9. The second-order valence-electron chi connectivity index (χ2n) is 5.44. The van der Waals surface area contributed by atoms with Crippen molar-refractivity contribution in [3.05, 3.63) is 54.1 Å². The molecule has 0 N–H and O–H groups in total. The maximum absolute atomic E-state index is 12.0. The Labute approximate surface area is 128 Å². The summed E-state index contributed by atoms with van der Waals surface area (Å²) in [6, 6.07) is 6.89. The molecular weight excluding hydrogens is 284 g/mol. The molecule has 0 spiro atoms. The summed E-state index contributed by atoms with van der Waals surface area (Å²) >= 11 is 0. The molecule has 21 heavy (non-hydrogen) atoms. The molecule has 1 aromatic carbocycles. The van der Waals surface area contributed by atoms with Crippen LogP contribution in [0.2, 0.25) is 0 Å². The van der Waals surface area contributed by atoms with Gasteiger partial charge in [-0.3, -0.25) is 4.18 Å². The molecule has 116 valence electrons. The van der Waals surface area contributed by atoms with E-state index in [4.69, 9.17) is 4.18 Å². The van der Waals surface area contributed by atoms with Crippen LogP contribution in [0, 0.1) is 0 Å². The van der Waals surface area contributed by atoms with Crippen LogP contribution < -0.4 is 0 Å². The summed E-state index contributed by atoms with van der Waals surface area (Å²) in [6.45, 7) is 11.6. The SMILES string of the molecule is C=C(C)CCCc1ccc(S(=O)(=O)OCCC(=C)C)cc1. The third kappa shape index (κ3) is 6.74. The monoisotopic (exact) mass is 308 g/mol. The van der Waals surface area contributed by atoms with E-state index in [2.05, 4.69) is 13.2 Å². The fraction of sp³-hybridized carbons (Fsp3) is 0.412. The molecule has 0 unspecified atom stereocenters. The second-order valence-corrected chi connectivity index (χ2v) is 7.05. The summed E-state index contributed by atoms with van der Waals surface area (Å²) in [5.41, 5.74) is 3.19. The summed E-state index contributed by atoms with van der Waals surface area (Å²) < 4.78 is 28.9. The van der Waals surface area contributed by atoms with Gasteiger partial charge in [0.15, 0.2) is 0 Å². The van der Waals surface area contributed by atoms with Crippen LogP contribution in [0.15, 0.2) is 53.5 Å². The molecule has 4 heteroatoms. The van der Waals surface area contributed by atoms with E-state index in [-0.39, 0.29) is 11.5 Å². The van der Waals surface area contributed by atoms with Crippen LogP contribution in [0.5, 0.6) is 0 Å². The average molecular weight is 308 g/mol. The highest BCUT2D eigenvalue weighted by Crippen LogP contribution is 2.16. The van der Waals surface area contributed by atoms with Crippen molar-refractivity contribution in [2.45, 2.75) is 44.4 Å². The Balaban J connectivity index is 2.59. The van der Waals surface area contributed by atoms with Gasteiger partial charge in [-0.25, -0.2) is 0 Å². The molecule has 0 bridgehead atoms. The van der Waals surface area contributed by atoms with Gasteiger partial charge in [0.25, 0.3) is 10.1 Å². The first kappa shape index (κ1) is 17.7. The van der Waals surface area contributed by atoms with E-state index in [1.807, 2.05) is 26.0 Å². The highest BCUT2D eigenvalue weighted by molar-refractivity contribution is 7.86. The number of allylic oxidation sites excluding steroid dienone is 1. The van der Waals surface area contributed by atoms with E-state index in [0.717, 1.165) is 30.4 Å². The molecule has 0 amide bonds. The van der Waals surface area contributed by atoms with Gasteiger partial charge in [-0.05, 0) is 57.2 Å². The number of hydrogen-bond acceptors (Lipinski definition) is 3. The zero-order valence-corrected chi connectivity index (χ0v) is 13.7. The quantitative estimate of drug-likeness (QED) is 0.506. The van der Waals surface area contributed by atoms with E-state index < -0.39 is 10.1 Å². The van der Waals surface area contributed by atoms with E-state index in [1.165, 1.54) is 5.57 Å². The molecule has 0 aliphatic heterocycles. The molecule has 1 rings (SSSR count). The van der Waals surface area contributed by atoms with Gasteiger partial charge in [0.1, 0.15) is 0 Å². The highest BCUT2D eigenvalue weighted by Gasteiger charge is 2.14. The van der Waals surface area contributed by atoms with Crippen molar-refractivity contribution in [2.75, 3.05) is 6.61 Å². The molecule has 0 atom stereocenters. The van der Waals surface area contributed by atoms with Gasteiger partial charge in [0, 0.05) is 0 Å². The van der Waals surface area contributed by atoms with Gasteiger partial charge in [0.05, 0.1) is 11.5 Å². The van der Waals surface area contributed by atoms with Gasteiger partial charge in [-0.1, -0.05) is 23.3 Å². The van der Waals surface area contributed by atoms with Crippen LogP contribution in [0.1, 0.15) is 38.7 Å². The molecule has 0 aliphatic rings. The Hall–Kier alpha value is -1.39. The third-order valence-corrected chi connectivity index (χ3v) is 4.37. The Kier molecular flexibility index (Phi) is 6.85. The molecule has 1 aromatic rings. The molecule has 3 nitrogen and oxygen atoms in total. The number of aryl methyl sites for hydroxylation is 1. The summed E-state index contributed by atoms with van der Waals surface area (Å²) in [5.74, 6) is 0. The van der Waals surface area contributed by atoms with Crippen molar-refractivity contribution >= 4 is 10.1 Å². The predicted octanol–water partition coefficient (Wildman–Crippen LogP) is 4.26. The maximum Gasteiger partial charge on any atom is 0.296 e. The molecule has 0 saturated heterocycles. The Bertz CT molecular complexity index is 583. The van der Waals surface area contributed by atoms with Gasteiger partial charge in [0.2, 0.25) is 0 Å². The molecule has 0 radical (unpaired) electrons. The van der Waals surface area contributed by atoms with Crippen molar-refractivity contribution in [1.29, 1.82) is 0 Å². The number of hydrogen-bond donors (Lipinski definition) is 0. The topological polar surface area (TPSA) is 43.4 Å². The molecule has 0 saturated carbocycles. The Morgan fingerprint density at radius 1 is 1.05 bits per heavy atom. The molecule has 0 aromatic heterocycles. The summed E-state index contributed by atoms with van der Waals surface area (Å²) in [7, 11) is -3.66. The van der Waals surface area contributed by atoms with Crippen LogP contribution in [0.25, 0.3) is 0 Å². The first-order chi connectivity index (χ1) is 9.81. The van der Waals surface area contributed by atoms with Gasteiger partial charge < -0.3 is 0 Å². The first-order valence-corrected chi connectivity index (χ1v) is 8.49. The highest BCUT2D eigenvalue weighted by atomic mass is 32.2. The molecular formula is C17H24O3S. The molecule has 0 aliphatic carbocycles. The lowest BCUT2D eigenvalue weighted by Gasteiger charge is -2.07. The molecule has 0 heterocycles. The molecule has 0 fully saturated rings. The van der Waals surface area contributed by atoms with Gasteiger partial charge in [-0.2, -0.15) is 8.42 Å². The van der Waals surface area contributed by atoms with Crippen molar-refractivity contribution in [3.63, 3.8) is 0 Å². The van der Waals surface area contributed by atoms with Crippen LogP contribution >= 0.6 is 0 Å². The van der Waals surface area contributed by atoms with Crippen LogP contribution in [-0.2, 0) is 20.7 Å². The zero-order chi connectivity index (χ0) is 15.9.